The van der Waals surface area contributed by atoms with Gasteiger partial charge in [0.25, 0.3) is 0 Å². The summed E-state index contributed by atoms with van der Waals surface area (Å²) in [6.07, 6.45) is 2.60. The Balaban J connectivity index is 1.85. The molecule has 2 aromatic rings. The van der Waals surface area contributed by atoms with Crippen LogP contribution in [0.15, 0.2) is 36.4 Å². The van der Waals surface area contributed by atoms with Crippen LogP contribution in [0.1, 0.15) is 19.8 Å². The van der Waals surface area contributed by atoms with Gasteiger partial charge < -0.3 is 4.74 Å². The van der Waals surface area contributed by atoms with Gasteiger partial charge in [-0.25, -0.2) is 4.39 Å². The Labute approximate surface area is 100 Å². The molecule has 0 bridgehead atoms. The quantitative estimate of drug-likeness (QED) is 0.752. The van der Waals surface area contributed by atoms with Crippen LogP contribution in [0.3, 0.4) is 0 Å². The Morgan fingerprint density at radius 3 is 2.59 bits per heavy atom. The minimum absolute atomic E-state index is 0.202. The molecule has 17 heavy (non-hydrogen) atoms. The Bertz CT molecular complexity index is 544. The van der Waals surface area contributed by atoms with E-state index in [9.17, 15) is 4.39 Å². The van der Waals surface area contributed by atoms with E-state index in [0.29, 0.717) is 6.10 Å². The van der Waals surface area contributed by atoms with E-state index in [0.717, 1.165) is 35.3 Å². The Hall–Kier alpha value is -1.57. The van der Waals surface area contributed by atoms with Gasteiger partial charge in [0.1, 0.15) is 11.6 Å². The second kappa shape index (κ2) is 4.02. The Morgan fingerprint density at radius 2 is 1.82 bits per heavy atom. The van der Waals surface area contributed by atoms with Crippen LogP contribution >= 0.6 is 0 Å². The fraction of sp³-hybridized carbons (Fsp3) is 0.333. The van der Waals surface area contributed by atoms with Crippen molar-refractivity contribution < 1.29 is 9.13 Å². The summed E-state index contributed by atoms with van der Waals surface area (Å²) in [5.74, 6) is 1.42. The smallest absolute Gasteiger partial charge is 0.123 e. The number of benzene rings is 2. The van der Waals surface area contributed by atoms with Crippen LogP contribution in [-0.2, 0) is 0 Å². The molecule has 1 aliphatic rings. The highest BCUT2D eigenvalue weighted by Crippen LogP contribution is 2.31. The zero-order chi connectivity index (χ0) is 11.8. The lowest BCUT2D eigenvalue weighted by molar-refractivity contribution is 0.0740. The lowest BCUT2D eigenvalue weighted by Gasteiger charge is -2.32. The van der Waals surface area contributed by atoms with Gasteiger partial charge in [-0.1, -0.05) is 19.1 Å². The average Bonchev–Trinajstić information content (AvgIpc) is 2.26. The van der Waals surface area contributed by atoms with Gasteiger partial charge >= 0.3 is 0 Å². The Kier molecular flexibility index (Phi) is 2.50. The van der Waals surface area contributed by atoms with Crippen molar-refractivity contribution >= 4 is 10.8 Å². The summed E-state index contributed by atoms with van der Waals surface area (Å²) in [5.41, 5.74) is 0. The van der Waals surface area contributed by atoms with Gasteiger partial charge in [-0.05, 0) is 53.8 Å². The zero-order valence-electron chi connectivity index (χ0n) is 9.82. The Morgan fingerprint density at radius 1 is 1.06 bits per heavy atom. The first-order valence-electron chi connectivity index (χ1n) is 6.07. The van der Waals surface area contributed by atoms with Crippen molar-refractivity contribution in [1.29, 1.82) is 0 Å². The van der Waals surface area contributed by atoms with Crippen molar-refractivity contribution in [3.63, 3.8) is 0 Å². The van der Waals surface area contributed by atoms with Crippen LogP contribution in [-0.4, -0.2) is 6.10 Å². The first kappa shape index (κ1) is 10.6. The first-order valence-corrected chi connectivity index (χ1v) is 6.07. The number of hydrogen-bond donors (Lipinski definition) is 0. The van der Waals surface area contributed by atoms with Crippen LogP contribution in [0.2, 0.25) is 0 Å². The fourth-order valence-corrected chi connectivity index (χ4v) is 2.39. The number of halogens is 1. The molecular formula is C15H15FO. The van der Waals surface area contributed by atoms with Crippen LogP contribution in [0.5, 0.6) is 5.75 Å². The lowest BCUT2D eigenvalue weighted by atomic mass is 9.84. The predicted molar refractivity (Wildman–Crippen MR) is 66.7 cm³/mol. The molecular weight excluding hydrogens is 215 g/mol. The molecule has 0 amide bonds. The van der Waals surface area contributed by atoms with Crippen molar-refractivity contribution in [2.75, 3.05) is 0 Å². The molecule has 1 saturated carbocycles. The minimum Gasteiger partial charge on any atom is -0.490 e. The van der Waals surface area contributed by atoms with Gasteiger partial charge in [0.2, 0.25) is 0 Å². The van der Waals surface area contributed by atoms with E-state index < -0.39 is 0 Å². The van der Waals surface area contributed by atoms with Gasteiger partial charge in [-0.15, -0.1) is 0 Å². The van der Waals surface area contributed by atoms with E-state index in [4.69, 9.17) is 4.74 Å². The van der Waals surface area contributed by atoms with Gasteiger partial charge in [0.15, 0.2) is 0 Å². The summed E-state index contributed by atoms with van der Waals surface area (Å²) in [6.45, 7) is 2.23. The maximum absolute atomic E-state index is 13.1. The number of hydrogen-bond acceptors (Lipinski definition) is 1. The van der Waals surface area contributed by atoms with Crippen LogP contribution in [0.25, 0.3) is 10.8 Å². The number of rotatable bonds is 2. The molecule has 0 unspecified atom stereocenters. The van der Waals surface area contributed by atoms with Crippen molar-refractivity contribution in [3.05, 3.63) is 42.2 Å². The third-order valence-electron chi connectivity index (χ3n) is 3.41. The van der Waals surface area contributed by atoms with Crippen molar-refractivity contribution in [2.45, 2.75) is 25.9 Å². The summed E-state index contributed by atoms with van der Waals surface area (Å²) >= 11 is 0. The maximum Gasteiger partial charge on any atom is 0.123 e. The van der Waals surface area contributed by atoms with E-state index in [1.165, 1.54) is 6.07 Å². The zero-order valence-corrected chi connectivity index (χ0v) is 9.82. The molecule has 0 saturated heterocycles. The summed E-state index contributed by atoms with van der Waals surface area (Å²) in [6, 6.07) is 10.7. The predicted octanol–water partition coefficient (Wildman–Crippen LogP) is 4.16. The highest BCUT2D eigenvalue weighted by molar-refractivity contribution is 5.83. The van der Waals surface area contributed by atoms with Crippen molar-refractivity contribution in [3.8, 4) is 5.75 Å². The molecule has 88 valence electrons. The first-order chi connectivity index (χ1) is 8.20. The maximum atomic E-state index is 13.1. The van der Waals surface area contributed by atoms with E-state index in [2.05, 4.69) is 6.92 Å². The molecule has 0 spiro atoms. The minimum atomic E-state index is -0.202. The molecule has 0 radical (unpaired) electrons. The molecule has 1 fully saturated rings. The number of fused-ring (bicyclic) bond motifs is 1. The molecule has 0 heterocycles. The van der Waals surface area contributed by atoms with Crippen LogP contribution < -0.4 is 4.74 Å². The molecule has 2 heteroatoms. The van der Waals surface area contributed by atoms with Gasteiger partial charge in [0.05, 0.1) is 6.10 Å². The van der Waals surface area contributed by atoms with Crippen LogP contribution in [0, 0.1) is 11.7 Å². The van der Waals surface area contributed by atoms with E-state index in [1.54, 1.807) is 12.1 Å². The molecule has 0 N–H and O–H groups in total. The molecule has 2 aromatic carbocycles. The van der Waals surface area contributed by atoms with Crippen LogP contribution in [0.4, 0.5) is 4.39 Å². The monoisotopic (exact) mass is 230 g/mol. The van der Waals surface area contributed by atoms with E-state index in [1.807, 2.05) is 18.2 Å². The molecule has 1 nitrogen and oxygen atoms in total. The highest BCUT2D eigenvalue weighted by Gasteiger charge is 2.26. The standard InChI is InChI=1S/C15H15FO/c1-10-6-15(7-10)17-14-5-3-11-2-4-13(16)8-12(11)9-14/h2-5,8-10,15H,6-7H2,1H3. The third kappa shape index (κ3) is 2.12. The van der Waals surface area contributed by atoms with Gasteiger partial charge in [-0.2, -0.15) is 0 Å². The lowest BCUT2D eigenvalue weighted by Crippen LogP contribution is -2.31. The third-order valence-corrected chi connectivity index (χ3v) is 3.41. The normalized spacial score (nSPS) is 23.4. The summed E-state index contributed by atoms with van der Waals surface area (Å²) < 4.78 is 19.0. The molecule has 0 aromatic heterocycles. The summed E-state index contributed by atoms with van der Waals surface area (Å²) in [4.78, 5) is 0. The SMILES string of the molecule is CC1CC(Oc2ccc3ccc(F)cc3c2)C1. The number of ether oxygens (including phenoxy) is 1. The molecule has 1 aliphatic carbocycles. The summed E-state index contributed by atoms with van der Waals surface area (Å²) in [7, 11) is 0. The largest absolute Gasteiger partial charge is 0.490 e. The highest BCUT2D eigenvalue weighted by atomic mass is 19.1. The van der Waals surface area contributed by atoms with Crippen molar-refractivity contribution in [2.24, 2.45) is 5.92 Å². The summed E-state index contributed by atoms with van der Waals surface area (Å²) in [5, 5.41) is 1.94. The van der Waals surface area contributed by atoms with Crippen molar-refractivity contribution in [1.82, 2.24) is 0 Å². The van der Waals surface area contributed by atoms with E-state index >= 15 is 0 Å². The van der Waals surface area contributed by atoms with Gasteiger partial charge in [0, 0.05) is 0 Å². The second-order valence-corrected chi connectivity index (χ2v) is 4.97. The fourth-order valence-electron chi connectivity index (χ4n) is 2.39. The molecule has 0 atom stereocenters. The average molecular weight is 230 g/mol. The molecule has 3 rings (SSSR count). The molecule has 0 aliphatic heterocycles. The van der Waals surface area contributed by atoms with Gasteiger partial charge in [-0.3, -0.25) is 0 Å². The van der Waals surface area contributed by atoms with E-state index in [-0.39, 0.29) is 5.82 Å². The topological polar surface area (TPSA) is 9.23 Å². The second-order valence-electron chi connectivity index (χ2n) is 4.97.